The number of hydrogen-bond donors (Lipinski definition) is 2. The van der Waals surface area contributed by atoms with E-state index in [9.17, 15) is 9.59 Å². The van der Waals surface area contributed by atoms with Crippen LogP contribution < -0.4 is 5.32 Å². The highest BCUT2D eigenvalue weighted by Gasteiger charge is 2.04. The Morgan fingerprint density at radius 1 is 1.35 bits per heavy atom. The zero-order valence-corrected chi connectivity index (χ0v) is 10.6. The van der Waals surface area contributed by atoms with Gasteiger partial charge in [0.2, 0.25) is 5.91 Å². The summed E-state index contributed by atoms with van der Waals surface area (Å²) >= 11 is 0. The van der Waals surface area contributed by atoms with Gasteiger partial charge in [0.25, 0.3) is 0 Å². The SMILES string of the molecule is Cn1cc(C=CC(=O)Nc2ccc(C(=O)O)cn2)cn1. The molecule has 0 bridgehead atoms. The summed E-state index contributed by atoms with van der Waals surface area (Å²) in [5, 5.41) is 15.2. The third-order valence-corrected chi connectivity index (χ3v) is 2.41. The van der Waals surface area contributed by atoms with Crippen LogP contribution in [0.1, 0.15) is 15.9 Å². The van der Waals surface area contributed by atoms with E-state index in [1.807, 2.05) is 0 Å². The lowest BCUT2D eigenvalue weighted by Crippen LogP contribution is -2.09. The predicted octanol–water partition coefficient (Wildman–Crippen LogP) is 1.17. The Morgan fingerprint density at radius 3 is 2.70 bits per heavy atom. The average molecular weight is 272 g/mol. The zero-order valence-electron chi connectivity index (χ0n) is 10.6. The summed E-state index contributed by atoms with van der Waals surface area (Å²) in [7, 11) is 1.78. The Balaban J connectivity index is 1.97. The van der Waals surface area contributed by atoms with E-state index in [0.29, 0.717) is 0 Å². The number of aromatic nitrogens is 3. The molecule has 0 atom stereocenters. The van der Waals surface area contributed by atoms with Gasteiger partial charge in [0.1, 0.15) is 5.82 Å². The van der Waals surface area contributed by atoms with Crippen molar-refractivity contribution in [3.05, 3.63) is 47.9 Å². The first-order valence-corrected chi connectivity index (χ1v) is 5.71. The number of rotatable bonds is 4. The number of carbonyl (C=O) groups is 2. The normalized spacial score (nSPS) is 10.7. The molecule has 0 aromatic carbocycles. The minimum Gasteiger partial charge on any atom is -0.478 e. The maximum absolute atomic E-state index is 11.6. The third-order valence-electron chi connectivity index (χ3n) is 2.41. The number of carbonyl (C=O) groups excluding carboxylic acids is 1. The number of anilines is 1. The summed E-state index contributed by atoms with van der Waals surface area (Å²) in [6.07, 6.45) is 7.55. The molecule has 2 rings (SSSR count). The number of pyridine rings is 1. The molecule has 2 aromatic rings. The quantitative estimate of drug-likeness (QED) is 0.814. The molecule has 0 spiro atoms. The summed E-state index contributed by atoms with van der Waals surface area (Å²) < 4.78 is 1.63. The highest BCUT2D eigenvalue weighted by Crippen LogP contribution is 2.06. The molecule has 0 aliphatic carbocycles. The maximum atomic E-state index is 11.6. The molecular weight excluding hydrogens is 260 g/mol. The van der Waals surface area contributed by atoms with E-state index in [4.69, 9.17) is 5.11 Å². The molecular formula is C13H12N4O3. The van der Waals surface area contributed by atoms with Gasteiger partial charge in [-0.15, -0.1) is 0 Å². The molecule has 2 aromatic heterocycles. The maximum Gasteiger partial charge on any atom is 0.337 e. The van der Waals surface area contributed by atoms with Gasteiger partial charge in [0, 0.05) is 31.1 Å². The first-order chi connectivity index (χ1) is 9.54. The van der Waals surface area contributed by atoms with Gasteiger partial charge < -0.3 is 10.4 Å². The number of nitrogens with zero attached hydrogens (tertiary/aromatic N) is 3. The van der Waals surface area contributed by atoms with Crippen molar-refractivity contribution in [3.8, 4) is 0 Å². The van der Waals surface area contributed by atoms with Crippen molar-refractivity contribution in [2.24, 2.45) is 7.05 Å². The first-order valence-electron chi connectivity index (χ1n) is 5.71. The van der Waals surface area contributed by atoms with Gasteiger partial charge in [0.05, 0.1) is 11.8 Å². The number of aryl methyl sites for hydroxylation is 1. The second-order valence-corrected chi connectivity index (χ2v) is 4.01. The number of carboxylic acid groups (broad SMARTS) is 1. The van der Waals surface area contributed by atoms with Crippen molar-refractivity contribution >= 4 is 23.8 Å². The Bertz CT molecular complexity index is 659. The Morgan fingerprint density at radius 2 is 2.15 bits per heavy atom. The molecule has 2 heterocycles. The molecule has 7 heteroatoms. The van der Waals surface area contributed by atoms with Crippen molar-refractivity contribution in [3.63, 3.8) is 0 Å². The topological polar surface area (TPSA) is 97.1 Å². The predicted molar refractivity (Wildman–Crippen MR) is 72.1 cm³/mol. The highest BCUT2D eigenvalue weighted by atomic mass is 16.4. The number of nitrogens with one attached hydrogen (secondary N) is 1. The molecule has 20 heavy (non-hydrogen) atoms. The van der Waals surface area contributed by atoms with E-state index in [-0.39, 0.29) is 17.3 Å². The number of aromatic carboxylic acids is 1. The van der Waals surface area contributed by atoms with Crippen LogP contribution in [0.25, 0.3) is 6.08 Å². The lowest BCUT2D eigenvalue weighted by atomic mass is 10.3. The molecule has 7 nitrogen and oxygen atoms in total. The van der Waals surface area contributed by atoms with Crippen LogP contribution in [0.15, 0.2) is 36.8 Å². The van der Waals surface area contributed by atoms with E-state index in [0.717, 1.165) is 5.56 Å². The fourth-order valence-corrected chi connectivity index (χ4v) is 1.46. The minimum atomic E-state index is -1.06. The van der Waals surface area contributed by atoms with E-state index in [2.05, 4.69) is 15.4 Å². The first kappa shape index (κ1) is 13.5. The molecule has 2 N–H and O–H groups in total. The molecule has 1 amide bonds. The summed E-state index contributed by atoms with van der Waals surface area (Å²) in [4.78, 5) is 26.1. The molecule has 0 aliphatic heterocycles. The van der Waals surface area contributed by atoms with Gasteiger partial charge in [-0.3, -0.25) is 9.48 Å². The van der Waals surface area contributed by atoms with Gasteiger partial charge in [-0.05, 0) is 18.2 Å². The number of hydrogen-bond acceptors (Lipinski definition) is 4. The van der Waals surface area contributed by atoms with Crippen LogP contribution in [0.4, 0.5) is 5.82 Å². The molecule has 0 saturated heterocycles. The van der Waals surface area contributed by atoms with Crippen molar-refractivity contribution in [2.75, 3.05) is 5.32 Å². The van der Waals surface area contributed by atoms with Crippen LogP contribution in [-0.4, -0.2) is 31.7 Å². The zero-order chi connectivity index (χ0) is 14.5. The van der Waals surface area contributed by atoms with Gasteiger partial charge in [-0.2, -0.15) is 5.10 Å². The molecule has 0 radical (unpaired) electrons. The van der Waals surface area contributed by atoms with Crippen LogP contribution in [-0.2, 0) is 11.8 Å². The van der Waals surface area contributed by atoms with Crippen LogP contribution in [0.3, 0.4) is 0 Å². The van der Waals surface area contributed by atoms with Gasteiger partial charge in [-0.25, -0.2) is 9.78 Å². The summed E-state index contributed by atoms with van der Waals surface area (Å²) in [6.45, 7) is 0. The number of carboxylic acids is 1. The lowest BCUT2D eigenvalue weighted by molar-refractivity contribution is -0.111. The third kappa shape index (κ3) is 3.52. The second-order valence-electron chi connectivity index (χ2n) is 4.01. The van der Waals surface area contributed by atoms with Crippen molar-refractivity contribution < 1.29 is 14.7 Å². The second kappa shape index (κ2) is 5.79. The van der Waals surface area contributed by atoms with Crippen LogP contribution in [0.2, 0.25) is 0 Å². The van der Waals surface area contributed by atoms with E-state index in [1.54, 1.807) is 30.2 Å². The fraction of sp³-hybridized carbons (Fsp3) is 0.0769. The van der Waals surface area contributed by atoms with Crippen LogP contribution in [0.5, 0.6) is 0 Å². The fourth-order valence-electron chi connectivity index (χ4n) is 1.46. The molecule has 0 unspecified atom stereocenters. The van der Waals surface area contributed by atoms with Crippen LogP contribution >= 0.6 is 0 Å². The average Bonchev–Trinajstić information content (AvgIpc) is 2.83. The molecule has 0 saturated carbocycles. The summed E-state index contributed by atoms with van der Waals surface area (Å²) in [6, 6.07) is 2.80. The van der Waals surface area contributed by atoms with Crippen LogP contribution in [0, 0.1) is 0 Å². The monoisotopic (exact) mass is 272 g/mol. The van der Waals surface area contributed by atoms with Crippen molar-refractivity contribution in [1.29, 1.82) is 0 Å². The lowest BCUT2D eigenvalue weighted by Gasteiger charge is -2.01. The molecule has 102 valence electrons. The largest absolute Gasteiger partial charge is 0.478 e. The summed E-state index contributed by atoms with van der Waals surface area (Å²) in [5.74, 6) is -1.13. The van der Waals surface area contributed by atoms with Gasteiger partial charge >= 0.3 is 5.97 Å². The van der Waals surface area contributed by atoms with E-state index < -0.39 is 5.97 Å². The van der Waals surface area contributed by atoms with Crippen molar-refractivity contribution in [1.82, 2.24) is 14.8 Å². The Labute approximate surface area is 114 Å². The van der Waals surface area contributed by atoms with Gasteiger partial charge in [0.15, 0.2) is 0 Å². The summed E-state index contributed by atoms with van der Waals surface area (Å²) in [5.41, 5.74) is 0.866. The van der Waals surface area contributed by atoms with Gasteiger partial charge in [-0.1, -0.05) is 0 Å². The van der Waals surface area contributed by atoms with Crippen molar-refractivity contribution in [2.45, 2.75) is 0 Å². The highest BCUT2D eigenvalue weighted by molar-refractivity contribution is 6.01. The standard InChI is InChI=1S/C13H12N4O3/c1-17-8-9(6-15-17)2-5-12(18)16-11-4-3-10(7-14-11)13(19)20/h2-8H,1H3,(H,19,20)(H,14,16,18). The minimum absolute atomic E-state index is 0.0638. The smallest absolute Gasteiger partial charge is 0.337 e. The Hall–Kier alpha value is -2.96. The molecule has 0 aliphatic rings. The number of amides is 1. The van der Waals surface area contributed by atoms with E-state index >= 15 is 0 Å². The Kier molecular flexibility index (Phi) is 3.90. The molecule has 0 fully saturated rings. The van der Waals surface area contributed by atoms with E-state index in [1.165, 1.54) is 24.4 Å².